The third-order valence-corrected chi connectivity index (χ3v) is 5.46. The minimum absolute atomic E-state index is 0.296. The van der Waals surface area contributed by atoms with Gasteiger partial charge in [-0.05, 0) is 37.8 Å². The maximum Gasteiger partial charge on any atom is 0.308 e. The lowest BCUT2D eigenvalue weighted by molar-refractivity contribution is -0.132. The molecule has 0 saturated heterocycles. The molecule has 0 aliphatic heterocycles. The number of hydrogen-bond acceptors (Lipinski definition) is 6. The minimum Gasteiger partial charge on any atom is -0.493 e. The molecule has 0 bridgehead atoms. The van der Waals surface area contributed by atoms with Gasteiger partial charge in [-0.3, -0.25) is 4.79 Å². The molecule has 0 fully saturated rings. The molecule has 0 amide bonds. The van der Waals surface area contributed by atoms with Crippen molar-refractivity contribution in [1.29, 1.82) is 0 Å². The van der Waals surface area contributed by atoms with Crippen LogP contribution in [0.25, 0.3) is 10.6 Å². The van der Waals surface area contributed by atoms with Gasteiger partial charge in [-0.1, -0.05) is 26.7 Å². The second-order valence-corrected chi connectivity index (χ2v) is 7.48. The van der Waals surface area contributed by atoms with Crippen LogP contribution in [0.4, 0.5) is 0 Å². The zero-order valence-corrected chi connectivity index (χ0v) is 17.7. The summed E-state index contributed by atoms with van der Waals surface area (Å²) in [6, 6.07) is 3.71. The molecule has 2 rings (SSSR count). The SMILES string of the molecule is CCCCc1nc(-c2cc(OC)c(OC(C)=O)c(OC)c2)sc1CCCC. The van der Waals surface area contributed by atoms with Gasteiger partial charge in [0.2, 0.25) is 5.75 Å². The van der Waals surface area contributed by atoms with Crippen LogP contribution in [0.3, 0.4) is 0 Å². The molecule has 1 aromatic heterocycles. The highest BCUT2D eigenvalue weighted by Gasteiger charge is 2.19. The van der Waals surface area contributed by atoms with Crippen molar-refractivity contribution in [2.24, 2.45) is 0 Å². The number of nitrogens with zero attached hydrogens (tertiary/aromatic N) is 1. The Morgan fingerprint density at radius 3 is 2.15 bits per heavy atom. The van der Waals surface area contributed by atoms with Gasteiger partial charge in [-0.15, -0.1) is 11.3 Å². The Balaban J connectivity index is 2.46. The Bertz CT molecular complexity index is 719. The molecular weight excluding hydrogens is 362 g/mol. The Morgan fingerprint density at radius 1 is 1.04 bits per heavy atom. The summed E-state index contributed by atoms with van der Waals surface area (Å²) in [7, 11) is 3.10. The number of aryl methyl sites for hydroxylation is 2. The Labute approximate surface area is 165 Å². The maximum atomic E-state index is 11.4. The summed E-state index contributed by atoms with van der Waals surface area (Å²) >= 11 is 1.73. The lowest BCUT2D eigenvalue weighted by atomic mass is 10.1. The molecule has 0 unspecified atom stereocenters. The van der Waals surface area contributed by atoms with Crippen LogP contribution in [0.5, 0.6) is 17.2 Å². The van der Waals surface area contributed by atoms with Crippen LogP contribution in [0.15, 0.2) is 12.1 Å². The molecule has 0 aliphatic rings. The minimum atomic E-state index is -0.419. The average molecular weight is 392 g/mol. The van der Waals surface area contributed by atoms with E-state index in [0.717, 1.165) is 36.3 Å². The largest absolute Gasteiger partial charge is 0.493 e. The number of rotatable bonds is 10. The third-order valence-electron chi connectivity index (χ3n) is 4.26. The number of carbonyl (C=O) groups excluding carboxylic acids is 1. The molecule has 0 aliphatic carbocycles. The second kappa shape index (κ2) is 10.3. The number of thiazole rings is 1. The van der Waals surface area contributed by atoms with E-state index in [1.165, 1.54) is 30.3 Å². The van der Waals surface area contributed by atoms with Crippen molar-refractivity contribution >= 4 is 17.3 Å². The second-order valence-electron chi connectivity index (χ2n) is 6.40. The van der Waals surface area contributed by atoms with Crippen LogP contribution in [-0.4, -0.2) is 25.2 Å². The van der Waals surface area contributed by atoms with Gasteiger partial charge < -0.3 is 14.2 Å². The van der Waals surface area contributed by atoms with E-state index in [0.29, 0.717) is 17.2 Å². The molecule has 148 valence electrons. The van der Waals surface area contributed by atoms with Crippen molar-refractivity contribution in [1.82, 2.24) is 4.98 Å². The molecule has 2 aromatic rings. The zero-order chi connectivity index (χ0) is 19.8. The zero-order valence-electron chi connectivity index (χ0n) is 16.9. The predicted octanol–water partition coefficient (Wildman–Crippen LogP) is 5.44. The number of hydrogen-bond donors (Lipinski definition) is 0. The van der Waals surface area contributed by atoms with Crippen LogP contribution in [0.2, 0.25) is 0 Å². The van der Waals surface area contributed by atoms with Crippen molar-refractivity contribution in [2.75, 3.05) is 14.2 Å². The van der Waals surface area contributed by atoms with Crippen molar-refractivity contribution < 1.29 is 19.0 Å². The molecule has 6 heteroatoms. The van der Waals surface area contributed by atoms with Gasteiger partial charge in [-0.2, -0.15) is 0 Å². The van der Waals surface area contributed by atoms with E-state index in [9.17, 15) is 4.79 Å². The number of aromatic nitrogens is 1. The van der Waals surface area contributed by atoms with E-state index in [1.54, 1.807) is 25.6 Å². The van der Waals surface area contributed by atoms with E-state index in [2.05, 4.69) is 13.8 Å². The Hall–Kier alpha value is -2.08. The van der Waals surface area contributed by atoms with Crippen LogP contribution in [-0.2, 0) is 17.6 Å². The number of unbranched alkanes of at least 4 members (excludes halogenated alkanes) is 2. The molecule has 5 nitrogen and oxygen atoms in total. The van der Waals surface area contributed by atoms with Crippen LogP contribution in [0.1, 0.15) is 57.0 Å². The highest BCUT2D eigenvalue weighted by Crippen LogP contribution is 2.43. The summed E-state index contributed by atoms with van der Waals surface area (Å²) in [5, 5.41) is 0.943. The molecule has 0 radical (unpaired) electrons. The van der Waals surface area contributed by atoms with Crippen molar-refractivity contribution in [2.45, 2.75) is 59.3 Å². The number of esters is 1. The molecule has 0 saturated carbocycles. The summed E-state index contributed by atoms with van der Waals surface area (Å²) in [5.74, 6) is 0.794. The Morgan fingerprint density at radius 2 is 1.63 bits per heavy atom. The van der Waals surface area contributed by atoms with Crippen molar-refractivity contribution in [3.63, 3.8) is 0 Å². The Kier molecular flexibility index (Phi) is 8.10. The maximum absolute atomic E-state index is 11.4. The van der Waals surface area contributed by atoms with Gasteiger partial charge in [0.15, 0.2) is 11.5 Å². The van der Waals surface area contributed by atoms with E-state index < -0.39 is 5.97 Å². The van der Waals surface area contributed by atoms with Gasteiger partial charge in [-0.25, -0.2) is 4.98 Å². The summed E-state index contributed by atoms with van der Waals surface area (Å²) < 4.78 is 16.2. The van der Waals surface area contributed by atoms with E-state index in [4.69, 9.17) is 19.2 Å². The number of methoxy groups -OCH3 is 2. The molecule has 27 heavy (non-hydrogen) atoms. The lowest BCUT2D eigenvalue weighted by Gasteiger charge is -2.13. The summed E-state index contributed by atoms with van der Waals surface area (Å²) in [6.07, 6.45) is 6.69. The number of ether oxygens (including phenoxy) is 3. The summed E-state index contributed by atoms with van der Waals surface area (Å²) in [6.45, 7) is 5.76. The van der Waals surface area contributed by atoms with Gasteiger partial charge >= 0.3 is 5.97 Å². The normalized spacial score (nSPS) is 10.7. The number of carbonyl (C=O) groups is 1. The van der Waals surface area contributed by atoms with E-state index in [1.807, 2.05) is 12.1 Å². The van der Waals surface area contributed by atoms with Crippen molar-refractivity contribution in [3.05, 3.63) is 22.7 Å². The molecule has 1 aromatic carbocycles. The monoisotopic (exact) mass is 391 g/mol. The van der Waals surface area contributed by atoms with Crippen LogP contribution in [0, 0.1) is 0 Å². The first kappa shape index (κ1) is 21.2. The van der Waals surface area contributed by atoms with E-state index in [-0.39, 0.29) is 0 Å². The highest BCUT2D eigenvalue weighted by molar-refractivity contribution is 7.15. The average Bonchev–Trinajstić information content (AvgIpc) is 3.07. The summed E-state index contributed by atoms with van der Waals surface area (Å²) in [5.41, 5.74) is 2.11. The molecule has 0 N–H and O–H groups in total. The highest BCUT2D eigenvalue weighted by atomic mass is 32.1. The smallest absolute Gasteiger partial charge is 0.308 e. The van der Waals surface area contributed by atoms with Gasteiger partial charge in [0, 0.05) is 17.4 Å². The van der Waals surface area contributed by atoms with Gasteiger partial charge in [0.05, 0.1) is 19.9 Å². The topological polar surface area (TPSA) is 57.7 Å². The van der Waals surface area contributed by atoms with Gasteiger partial charge in [0.1, 0.15) is 5.01 Å². The predicted molar refractivity (Wildman–Crippen MR) is 109 cm³/mol. The van der Waals surface area contributed by atoms with E-state index >= 15 is 0 Å². The first-order chi connectivity index (χ1) is 13.0. The van der Waals surface area contributed by atoms with Gasteiger partial charge in [0.25, 0.3) is 0 Å². The molecular formula is C21H29NO4S. The molecule has 1 heterocycles. The lowest BCUT2D eigenvalue weighted by Crippen LogP contribution is -2.05. The fourth-order valence-electron chi connectivity index (χ4n) is 2.83. The standard InChI is InChI=1S/C21H29NO4S/c1-6-8-10-16-19(11-9-7-2)27-21(22-16)15-12-17(24-4)20(26-14(3)23)18(13-15)25-5/h12-13H,6-11H2,1-5H3. The first-order valence-electron chi connectivity index (χ1n) is 9.47. The quantitative estimate of drug-likeness (QED) is 0.399. The van der Waals surface area contributed by atoms with Crippen molar-refractivity contribution in [3.8, 4) is 27.8 Å². The molecule has 0 spiro atoms. The fourth-order valence-corrected chi connectivity index (χ4v) is 3.96. The first-order valence-corrected chi connectivity index (χ1v) is 10.3. The summed E-state index contributed by atoms with van der Waals surface area (Å²) in [4.78, 5) is 17.7. The molecule has 0 atom stereocenters. The van der Waals surface area contributed by atoms with Crippen LogP contribution < -0.4 is 14.2 Å². The fraction of sp³-hybridized carbons (Fsp3) is 0.524. The third kappa shape index (κ3) is 5.45. The van der Waals surface area contributed by atoms with Crippen LogP contribution >= 0.6 is 11.3 Å². The number of benzene rings is 1.